The minimum atomic E-state index is 0.0959. The molecule has 0 aliphatic heterocycles. The van der Waals surface area contributed by atoms with Gasteiger partial charge in [0.05, 0.1) is 0 Å². The minimum Gasteiger partial charge on any atom is -0.456 e. The fourth-order valence-corrected chi connectivity index (χ4v) is 9.66. The quantitative estimate of drug-likeness (QED) is 0.181. The van der Waals surface area contributed by atoms with Crippen molar-refractivity contribution in [2.24, 2.45) is 0 Å². The number of benzene rings is 7. The van der Waals surface area contributed by atoms with Crippen LogP contribution < -0.4 is 0 Å². The Morgan fingerprint density at radius 1 is 0.357 bits per heavy atom. The predicted octanol–water partition coefficient (Wildman–Crippen LogP) is 13.6. The monoisotopic (exact) mass is 721 g/mol. The Labute approximate surface area is 323 Å². The Morgan fingerprint density at radius 3 is 1.52 bits per heavy atom. The molecule has 0 saturated heterocycles. The molecule has 2 aliphatic carbocycles. The van der Waals surface area contributed by atoms with Gasteiger partial charge in [-0.15, -0.1) is 0 Å². The summed E-state index contributed by atoms with van der Waals surface area (Å²) in [6, 6.07) is 53.6. The number of para-hydroxylation sites is 2. The summed E-state index contributed by atoms with van der Waals surface area (Å²) in [5, 5.41) is 4.20. The van der Waals surface area contributed by atoms with Gasteiger partial charge in [-0.3, -0.25) is 0 Å². The lowest BCUT2D eigenvalue weighted by molar-refractivity contribution is 0.353. The third-order valence-corrected chi connectivity index (χ3v) is 12.3. The Morgan fingerprint density at radius 2 is 0.857 bits per heavy atom. The van der Waals surface area contributed by atoms with Crippen LogP contribution in [0.2, 0.25) is 0 Å². The van der Waals surface area contributed by atoms with Crippen LogP contribution >= 0.6 is 0 Å². The molecule has 0 radical (unpaired) electrons. The smallest absolute Gasteiger partial charge is 0.164 e. The lowest BCUT2D eigenvalue weighted by atomic mass is 9.67. The molecule has 0 N–H and O–H groups in total. The number of hydrogen-bond acceptors (Lipinski definition) is 5. The van der Waals surface area contributed by atoms with Gasteiger partial charge in [0, 0.05) is 43.7 Å². The lowest BCUT2D eigenvalue weighted by Gasteiger charge is -2.36. The van der Waals surface area contributed by atoms with Crippen LogP contribution in [-0.4, -0.2) is 15.0 Å². The van der Waals surface area contributed by atoms with Crippen molar-refractivity contribution < 1.29 is 8.83 Å². The number of hydrogen-bond donors (Lipinski definition) is 0. The SMILES string of the molecule is c1cc(-c2ccc3c(c2)C2(CCCCC2)c2ccccc2-3)cc(-c2nc(-c3ccc4oc5ccccc5c4c3)nc(-c3ccc4oc5ccccc5c4c3)n2)c1. The zero-order valence-corrected chi connectivity index (χ0v) is 30.6. The molecule has 1 saturated carbocycles. The average molecular weight is 722 g/mol. The summed E-state index contributed by atoms with van der Waals surface area (Å²) < 4.78 is 12.3. The molecule has 266 valence electrons. The molecular formula is C51H35N3O2. The summed E-state index contributed by atoms with van der Waals surface area (Å²) in [6.07, 6.45) is 6.27. The normalized spacial score (nSPS) is 14.6. The van der Waals surface area contributed by atoms with Gasteiger partial charge in [0.25, 0.3) is 0 Å². The van der Waals surface area contributed by atoms with Gasteiger partial charge >= 0.3 is 0 Å². The second-order valence-electron chi connectivity index (χ2n) is 15.5. The molecule has 3 aromatic heterocycles. The van der Waals surface area contributed by atoms with Gasteiger partial charge in [-0.2, -0.15) is 0 Å². The Kier molecular flexibility index (Phi) is 6.79. The highest BCUT2D eigenvalue weighted by atomic mass is 16.3. The molecule has 0 unspecified atom stereocenters. The first-order chi connectivity index (χ1) is 27.7. The van der Waals surface area contributed by atoms with E-state index >= 15 is 0 Å². The Balaban J connectivity index is 1.01. The van der Waals surface area contributed by atoms with Gasteiger partial charge in [0.2, 0.25) is 0 Å². The summed E-state index contributed by atoms with van der Waals surface area (Å²) in [7, 11) is 0. The van der Waals surface area contributed by atoms with E-state index in [-0.39, 0.29) is 5.41 Å². The van der Waals surface area contributed by atoms with Gasteiger partial charge in [0.1, 0.15) is 22.3 Å². The van der Waals surface area contributed by atoms with Crippen LogP contribution in [0.4, 0.5) is 0 Å². The molecule has 0 amide bonds. The molecule has 0 atom stereocenters. The van der Waals surface area contributed by atoms with Crippen LogP contribution in [0.15, 0.2) is 160 Å². The molecule has 5 nitrogen and oxygen atoms in total. The molecule has 3 heterocycles. The number of furan rings is 2. The van der Waals surface area contributed by atoms with Crippen molar-refractivity contribution in [3.8, 4) is 56.4 Å². The third-order valence-electron chi connectivity index (χ3n) is 12.3. The molecule has 12 rings (SSSR count). The average Bonchev–Trinajstić information content (AvgIpc) is 3.91. The van der Waals surface area contributed by atoms with E-state index in [0.29, 0.717) is 17.5 Å². The molecule has 10 aromatic rings. The zero-order valence-electron chi connectivity index (χ0n) is 30.6. The van der Waals surface area contributed by atoms with Gasteiger partial charge in [-0.25, -0.2) is 15.0 Å². The van der Waals surface area contributed by atoms with Crippen LogP contribution in [0.25, 0.3) is 100 Å². The van der Waals surface area contributed by atoms with Crippen molar-refractivity contribution in [2.75, 3.05) is 0 Å². The molecule has 7 aromatic carbocycles. The fourth-order valence-electron chi connectivity index (χ4n) is 9.66. The fraction of sp³-hybridized carbons (Fsp3) is 0.118. The van der Waals surface area contributed by atoms with Crippen molar-refractivity contribution in [3.63, 3.8) is 0 Å². The molecule has 0 bridgehead atoms. The second kappa shape index (κ2) is 12.1. The summed E-state index contributed by atoms with van der Waals surface area (Å²) in [5.74, 6) is 1.84. The predicted molar refractivity (Wildman–Crippen MR) is 225 cm³/mol. The topological polar surface area (TPSA) is 65.0 Å². The van der Waals surface area contributed by atoms with E-state index in [2.05, 4.69) is 91.0 Å². The van der Waals surface area contributed by atoms with E-state index in [1.807, 2.05) is 60.7 Å². The highest BCUT2D eigenvalue weighted by Gasteiger charge is 2.43. The molecule has 56 heavy (non-hydrogen) atoms. The maximum Gasteiger partial charge on any atom is 0.164 e. The number of fused-ring (bicyclic) bond motifs is 11. The second-order valence-corrected chi connectivity index (χ2v) is 15.5. The lowest BCUT2D eigenvalue weighted by Crippen LogP contribution is -2.28. The van der Waals surface area contributed by atoms with Crippen LogP contribution in [0.3, 0.4) is 0 Å². The molecule has 1 spiro atoms. The maximum absolute atomic E-state index is 6.17. The number of nitrogens with zero attached hydrogens (tertiary/aromatic N) is 3. The van der Waals surface area contributed by atoms with Gasteiger partial charge in [-0.1, -0.05) is 110 Å². The first-order valence-corrected chi connectivity index (χ1v) is 19.6. The Hall–Kier alpha value is -6.85. The van der Waals surface area contributed by atoms with Crippen LogP contribution in [0, 0.1) is 0 Å². The van der Waals surface area contributed by atoms with Crippen LogP contribution in [-0.2, 0) is 5.41 Å². The molecule has 1 fully saturated rings. The van der Waals surface area contributed by atoms with Gasteiger partial charge < -0.3 is 8.83 Å². The van der Waals surface area contributed by atoms with Crippen molar-refractivity contribution in [3.05, 3.63) is 163 Å². The summed E-state index contributed by atoms with van der Waals surface area (Å²) in [4.78, 5) is 15.5. The van der Waals surface area contributed by atoms with E-state index < -0.39 is 0 Å². The van der Waals surface area contributed by atoms with E-state index in [1.165, 1.54) is 59.9 Å². The molecule has 5 heteroatoms. The van der Waals surface area contributed by atoms with E-state index in [4.69, 9.17) is 23.8 Å². The van der Waals surface area contributed by atoms with Crippen molar-refractivity contribution >= 4 is 43.9 Å². The van der Waals surface area contributed by atoms with Crippen molar-refractivity contribution in [2.45, 2.75) is 37.5 Å². The number of aromatic nitrogens is 3. The first kappa shape index (κ1) is 31.5. The van der Waals surface area contributed by atoms with E-state index in [9.17, 15) is 0 Å². The van der Waals surface area contributed by atoms with Crippen molar-refractivity contribution in [1.29, 1.82) is 0 Å². The Bertz CT molecular complexity index is 3070. The van der Waals surface area contributed by atoms with E-state index in [0.717, 1.165) is 66.1 Å². The van der Waals surface area contributed by atoms with Crippen LogP contribution in [0.1, 0.15) is 43.2 Å². The van der Waals surface area contributed by atoms with E-state index in [1.54, 1.807) is 0 Å². The largest absolute Gasteiger partial charge is 0.456 e. The first-order valence-electron chi connectivity index (χ1n) is 19.6. The summed E-state index contributed by atoms with van der Waals surface area (Å²) in [6.45, 7) is 0. The maximum atomic E-state index is 6.17. The zero-order chi connectivity index (χ0) is 36.8. The van der Waals surface area contributed by atoms with Crippen molar-refractivity contribution in [1.82, 2.24) is 15.0 Å². The summed E-state index contributed by atoms with van der Waals surface area (Å²) >= 11 is 0. The summed E-state index contributed by atoms with van der Waals surface area (Å²) in [5.41, 5.74) is 14.4. The third kappa shape index (κ3) is 4.77. The molecular weight excluding hydrogens is 687 g/mol. The highest BCUT2D eigenvalue weighted by molar-refractivity contribution is 6.07. The van der Waals surface area contributed by atoms with Gasteiger partial charge in [0.15, 0.2) is 17.5 Å². The number of rotatable bonds is 4. The minimum absolute atomic E-state index is 0.0959. The van der Waals surface area contributed by atoms with Gasteiger partial charge in [-0.05, 0) is 107 Å². The standard InChI is InChI=1S/C51H35N3O2/c1-8-25-51(26-9-1)42-16-5-2-13-36(42)37-22-19-32(30-43(37)51)31-11-10-12-33(27-31)48-52-49(34-20-23-46-40(28-34)38-14-3-6-17-44(38)55-46)54-50(53-48)35-21-24-47-41(29-35)39-15-4-7-18-45(39)56-47/h2-7,10-24,27-30H,1,8-9,25-26H2. The highest BCUT2D eigenvalue weighted by Crippen LogP contribution is 2.56. The molecule has 2 aliphatic rings. The van der Waals surface area contributed by atoms with Crippen LogP contribution in [0.5, 0.6) is 0 Å².